The summed E-state index contributed by atoms with van der Waals surface area (Å²) in [5.74, 6) is -1.54. The number of aliphatic carboxylic acids is 1. The largest absolute Gasteiger partial charge is 0.479 e. The Morgan fingerprint density at radius 3 is 2.39 bits per heavy atom. The number of carbonyl (C=O) groups excluding carboxylic acids is 1. The monoisotopic (exact) mass is 244 g/mol. The molecule has 5 heteroatoms. The molecular weight excluding hydrogens is 232 g/mol. The second-order valence-electron chi connectivity index (χ2n) is 3.74. The number of hydrogen-bond acceptors (Lipinski definition) is 2. The number of benzene rings is 1. The van der Waals surface area contributed by atoms with Gasteiger partial charge in [-0.05, 0) is 17.7 Å². The van der Waals surface area contributed by atoms with Gasteiger partial charge in [0.25, 0.3) is 5.91 Å². The second-order valence-corrected chi connectivity index (χ2v) is 3.74. The van der Waals surface area contributed by atoms with Gasteiger partial charge in [0, 0.05) is 6.20 Å². The van der Waals surface area contributed by atoms with Crippen molar-refractivity contribution in [1.29, 1.82) is 0 Å². The number of rotatable bonds is 4. The summed E-state index contributed by atoms with van der Waals surface area (Å²) in [6.07, 6.45) is 1.60. The van der Waals surface area contributed by atoms with Crippen molar-refractivity contribution in [3.63, 3.8) is 0 Å². The number of nitrogens with one attached hydrogen (secondary N) is 2. The standard InChI is InChI=1S/C13H12N2O3/c16-12(10-7-4-8-14-10)15-11(13(17)18)9-5-2-1-3-6-9/h1-8,11,14H,(H,15,16)(H,17,18)/t11-/m0/s1. The van der Waals surface area contributed by atoms with Gasteiger partial charge in [0.15, 0.2) is 6.04 Å². The number of amides is 1. The van der Waals surface area contributed by atoms with E-state index in [1.807, 2.05) is 0 Å². The van der Waals surface area contributed by atoms with Crippen LogP contribution in [0, 0.1) is 0 Å². The van der Waals surface area contributed by atoms with Crippen LogP contribution in [-0.2, 0) is 4.79 Å². The first-order valence-corrected chi connectivity index (χ1v) is 5.40. The van der Waals surface area contributed by atoms with Crippen molar-refractivity contribution in [1.82, 2.24) is 10.3 Å². The van der Waals surface area contributed by atoms with Crippen molar-refractivity contribution in [3.05, 3.63) is 59.9 Å². The normalized spacial score (nSPS) is 11.8. The molecule has 1 amide bonds. The third-order valence-corrected chi connectivity index (χ3v) is 2.50. The van der Waals surface area contributed by atoms with E-state index < -0.39 is 17.9 Å². The second kappa shape index (κ2) is 5.18. The summed E-state index contributed by atoms with van der Waals surface area (Å²) in [6.45, 7) is 0. The van der Waals surface area contributed by atoms with Crippen LogP contribution < -0.4 is 5.32 Å². The maximum absolute atomic E-state index is 11.8. The van der Waals surface area contributed by atoms with E-state index in [1.165, 1.54) is 0 Å². The number of hydrogen-bond donors (Lipinski definition) is 3. The maximum Gasteiger partial charge on any atom is 0.330 e. The Labute approximate surface area is 103 Å². The zero-order chi connectivity index (χ0) is 13.0. The van der Waals surface area contributed by atoms with Crippen molar-refractivity contribution in [2.45, 2.75) is 6.04 Å². The summed E-state index contributed by atoms with van der Waals surface area (Å²) in [6, 6.07) is 10.8. The molecule has 3 N–H and O–H groups in total. The van der Waals surface area contributed by atoms with Gasteiger partial charge in [-0.15, -0.1) is 0 Å². The molecule has 0 unspecified atom stereocenters. The Hall–Kier alpha value is -2.56. The van der Waals surface area contributed by atoms with Gasteiger partial charge in [-0.25, -0.2) is 4.79 Å². The fraction of sp³-hybridized carbons (Fsp3) is 0.0769. The lowest BCUT2D eigenvalue weighted by atomic mass is 10.1. The number of aromatic nitrogens is 1. The lowest BCUT2D eigenvalue weighted by Crippen LogP contribution is -2.33. The maximum atomic E-state index is 11.8. The minimum absolute atomic E-state index is 0.331. The highest BCUT2D eigenvalue weighted by molar-refractivity contribution is 5.95. The van der Waals surface area contributed by atoms with Crippen LogP contribution >= 0.6 is 0 Å². The smallest absolute Gasteiger partial charge is 0.330 e. The van der Waals surface area contributed by atoms with E-state index in [2.05, 4.69) is 10.3 Å². The number of H-pyrrole nitrogens is 1. The third kappa shape index (κ3) is 2.57. The van der Waals surface area contributed by atoms with Crippen molar-refractivity contribution >= 4 is 11.9 Å². The Kier molecular flexibility index (Phi) is 3.43. The highest BCUT2D eigenvalue weighted by Crippen LogP contribution is 2.13. The Morgan fingerprint density at radius 1 is 1.11 bits per heavy atom. The molecular formula is C13H12N2O3. The average molecular weight is 244 g/mol. The van der Waals surface area contributed by atoms with Crippen LogP contribution in [0.25, 0.3) is 0 Å². The minimum Gasteiger partial charge on any atom is -0.479 e. The zero-order valence-corrected chi connectivity index (χ0v) is 9.46. The topological polar surface area (TPSA) is 82.2 Å². The number of carbonyl (C=O) groups is 2. The van der Waals surface area contributed by atoms with Crippen molar-refractivity contribution < 1.29 is 14.7 Å². The Bertz CT molecular complexity index is 535. The van der Waals surface area contributed by atoms with E-state index in [9.17, 15) is 9.59 Å². The SMILES string of the molecule is O=C(N[C@H](C(=O)O)c1ccccc1)c1ccc[nH]1. The first-order chi connectivity index (χ1) is 8.68. The average Bonchev–Trinajstić information content (AvgIpc) is 2.90. The van der Waals surface area contributed by atoms with Gasteiger partial charge in [0.1, 0.15) is 5.69 Å². The Balaban J connectivity index is 2.18. The van der Waals surface area contributed by atoms with Gasteiger partial charge in [0.05, 0.1) is 0 Å². The predicted molar refractivity (Wildman–Crippen MR) is 65.1 cm³/mol. The van der Waals surface area contributed by atoms with Gasteiger partial charge in [0.2, 0.25) is 0 Å². The summed E-state index contributed by atoms with van der Waals surface area (Å²) < 4.78 is 0. The Morgan fingerprint density at radius 2 is 1.83 bits per heavy atom. The fourth-order valence-corrected chi connectivity index (χ4v) is 1.61. The minimum atomic E-state index is -1.10. The van der Waals surface area contributed by atoms with Crippen LogP contribution in [0.15, 0.2) is 48.7 Å². The molecule has 0 radical (unpaired) electrons. The highest BCUT2D eigenvalue weighted by Gasteiger charge is 2.22. The molecule has 0 saturated carbocycles. The molecule has 0 fully saturated rings. The molecule has 0 bridgehead atoms. The van der Waals surface area contributed by atoms with Gasteiger partial charge in [-0.1, -0.05) is 30.3 Å². The van der Waals surface area contributed by atoms with Gasteiger partial charge in [-0.2, -0.15) is 0 Å². The lowest BCUT2D eigenvalue weighted by molar-refractivity contribution is -0.139. The van der Waals surface area contributed by atoms with Crippen LogP contribution in [-0.4, -0.2) is 22.0 Å². The molecule has 0 saturated heterocycles. The van der Waals surface area contributed by atoms with E-state index >= 15 is 0 Å². The summed E-state index contributed by atoms with van der Waals surface area (Å²) in [5.41, 5.74) is 0.863. The molecule has 2 rings (SSSR count). The van der Waals surface area contributed by atoms with Crippen LogP contribution in [0.3, 0.4) is 0 Å². The van der Waals surface area contributed by atoms with Crippen molar-refractivity contribution in [2.75, 3.05) is 0 Å². The molecule has 92 valence electrons. The molecule has 2 aromatic rings. The zero-order valence-electron chi connectivity index (χ0n) is 9.46. The summed E-state index contributed by atoms with van der Waals surface area (Å²) in [7, 11) is 0. The quantitative estimate of drug-likeness (QED) is 0.763. The van der Waals surface area contributed by atoms with Crippen molar-refractivity contribution in [3.8, 4) is 0 Å². The number of carboxylic acid groups (broad SMARTS) is 1. The lowest BCUT2D eigenvalue weighted by Gasteiger charge is -2.14. The molecule has 5 nitrogen and oxygen atoms in total. The van der Waals surface area contributed by atoms with Gasteiger partial charge >= 0.3 is 5.97 Å². The predicted octanol–water partition coefficient (Wildman–Crippen LogP) is 1.57. The molecule has 0 spiro atoms. The summed E-state index contributed by atoms with van der Waals surface area (Å²) in [5, 5.41) is 11.6. The molecule has 1 aromatic heterocycles. The number of carboxylic acids is 1. The van der Waals surface area contributed by atoms with E-state index in [0.717, 1.165) is 0 Å². The fourth-order valence-electron chi connectivity index (χ4n) is 1.61. The molecule has 0 aliphatic carbocycles. The molecule has 0 aliphatic heterocycles. The highest BCUT2D eigenvalue weighted by atomic mass is 16.4. The molecule has 1 atom stereocenters. The first-order valence-electron chi connectivity index (χ1n) is 5.40. The summed E-state index contributed by atoms with van der Waals surface area (Å²) >= 11 is 0. The summed E-state index contributed by atoms with van der Waals surface area (Å²) in [4.78, 5) is 25.7. The van der Waals surface area contributed by atoms with Crippen LogP contribution in [0.4, 0.5) is 0 Å². The van der Waals surface area contributed by atoms with E-state index in [0.29, 0.717) is 11.3 Å². The third-order valence-electron chi connectivity index (χ3n) is 2.50. The molecule has 1 aromatic carbocycles. The van der Waals surface area contributed by atoms with Crippen LogP contribution in [0.5, 0.6) is 0 Å². The van der Waals surface area contributed by atoms with E-state index in [4.69, 9.17) is 5.11 Å². The van der Waals surface area contributed by atoms with E-state index in [-0.39, 0.29) is 0 Å². The first kappa shape index (κ1) is 11.9. The molecule has 18 heavy (non-hydrogen) atoms. The molecule has 0 aliphatic rings. The van der Waals surface area contributed by atoms with Gasteiger partial charge in [-0.3, -0.25) is 4.79 Å². The van der Waals surface area contributed by atoms with Crippen LogP contribution in [0.1, 0.15) is 22.1 Å². The molecule has 1 heterocycles. The van der Waals surface area contributed by atoms with Crippen molar-refractivity contribution in [2.24, 2.45) is 0 Å². The van der Waals surface area contributed by atoms with Gasteiger partial charge < -0.3 is 15.4 Å². The van der Waals surface area contributed by atoms with E-state index in [1.54, 1.807) is 48.7 Å². The number of aromatic amines is 1. The van der Waals surface area contributed by atoms with Crippen LogP contribution in [0.2, 0.25) is 0 Å².